The van der Waals surface area contributed by atoms with Crippen molar-refractivity contribution in [1.82, 2.24) is 42.5 Å². The maximum absolute atomic E-state index is 4.26. The summed E-state index contributed by atoms with van der Waals surface area (Å²) in [5.41, 5.74) is 0. The number of nitrogens with one attached hydrogen (secondary N) is 8. The number of hydrogen-bond acceptors (Lipinski definition) is 8. The van der Waals surface area contributed by atoms with Crippen LogP contribution in [0.15, 0.2) is 121 Å². The molecule has 0 spiro atoms. The maximum Gasteiger partial charge on any atom is 0.0628 e. The van der Waals surface area contributed by atoms with Crippen LogP contribution in [0.2, 0.25) is 0 Å². The van der Waals surface area contributed by atoms with Crippen molar-refractivity contribution in [2.45, 2.75) is 152 Å². The average molecular weight is 927 g/mol. The van der Waals surface area contributed by atoms with Gasteiger partial charge in [0.1, 0.15) is 0 Å². The fraction of sp³-hybridized carbons (Fsp3) is 0.571. The van der Waals surface area contributed by atoms with Crippen LogP contribution in [0.1, 0.15) is 103 Å². The van der Waals surface area contributed by atoms with Crippen LogP contribution in [0.4, 0.5) is 0 Å². The van der Waals surface area contributed by atoms with E-state index < -0.39 is 0 Å². The van der Waals surface area contributed by atoms with Crippen LogP contribution >= 0.6 is 0 Å². The van der Waals surface area contributed by atoms with Crippen LogP contribution in [0.25, 0.3) is 0 Å². The Balaban J connectivity index is 0.000000186. The van der Waals surface area contributed by atoms with Crippen LogP contribution in [0.5, 0.6) is 0 Å². The first kappa shape index (κ1) is 48.6. The molecule has 4 aliphatic carbocycles. The van der Waals surface area contributed by atoms with E-state index in [0.717, 1.165) is 47.3 Å². The molecule has 8 atom stereocenters. The molecular formula is C56H76N8Zn-4. The van der Waals surface area contributed by atoms with Gasteiger partial charge in [0.15, 0.2) is 0 Å². The van der Waals surface area contributed by atoms with Gasteiger partial charge in [-0.3, -0.25) is 42.5 Å². The van der Waals surface area contributed by atoms with E-state index in [0.29, 0.717) is 49.3 Å². The third-order valence-electron chi connectivity index (χ3n) is 16.2. The average Bonchev–Trinajstić information content (AvgIpc) is 4.13. The van der Waals surface area contributed by atoms with Crippen LogP contribution < -0.4 is 42.5 Å². The van der Waals surface area contributed by atoms with Crippen molar-refractivity contribution in [2.24, 2.45) is 47.3 Å². The standard InChI is InChI=1S/C32H56N8.4C6H5.Zn/c1-2-10-18-17(9-1)25-33-26(18)38-28-21-13-5-6-14-22(21)30(35-28)40-32-24-16-8-7-15-23(24)31(36-32)39-29-20-12-4-3-11-19(20)27(34-29)37-25;4*1-2-4-6-5-3-1;/h17-40H,1-16H2;4*1-5H;/q;4*-1;. The van der Waals surface area contributed by atoms with Gasteiger partial charge in [-0.2, -0.15) is 146 Å². The number of rotatable bonds is 0. The monoisotopic (exact) mass is 925 g/mol. The third kappa shape index (κ3) is 12.8. The molecule has 8 unspecified atom stereocenters. The van der Waals surface area contributed by atoms with Crippen molar-refractivity contribution in [1.29, 1.82) is 0 Å². The Hall–Kier alpha value is -2.82. The van der Waals surface area contributed by atoms with Crippen molar-refractivity contribution in [2.75, 3.05) is 0 Å². The molecule has 8 nitrogen and oxygen atoms in total. The molecule has 4 aromatic rings. The molecule has 9 aliphatic rings. The Kier molecular flexibility index (Phi) is 19.1. The van der Waals surface area contributed by atoms with E-state index in [-0.39, 0.29) is 19.5 Å². The molecule has 8 bridgehead atoms. The van der Waals surface area contributed by atoms with Gasteiger partial charge in [-0.1, -0.05) is 51.4 Å². The van der Waals surface area contributed by atoms with Gasteiger partial charge in [0.05, 0.1) is 49.3 Å². The number of hydrogen-bond donors (Lipinski definition) is 8. The molecule has 0 amide bonds. The molecule has 5 aliphatic heterocycles. The topological polar surface area (TPSA) is 96.2 Å². The summed E-state index contributed by atoms with van der Waals surface area (Å²) in [5.74, 6) is 5.97. The zero-order chi connectivity index (χ0) is 43.2. The second-order valence-corrected chi connectivity index (χ2v) is 19.9. The van der Waals surface area contributed by atoms with Gasteiger partial charge in [-0.05, 0) is 98.7 Å². The molecule has 5 heterocycles. The molecule has 346 valence electrons. The van der Waals surface area contributed by atoms with E-state index in [1.165, 1.54) is 103 Å². The normalized spacial score (nSPS) is 38.4. The van der Waals surface area contributed by atoms with Crippen molar-refractivity contribution in [3.63, 3.8) is 0 Å². The molecule has 5 saturated heterocycles. The quantitative estimate of drug-likeness (QED) is 0.0658. The molecule has 4 saturated carbocycles. The summed E-state index contributed by atoms with van der Waals surface area (Å²) >= 11 is 0. The summed E-state index contributed by atoms with van der Waals surface area (Å²) in [6.07, 6.45) is 25.6. The predicted molar refractivity (Wildman–Crippen MR) is 258 cm³/mol. The summed E-state index contributed by atoms with van der Waals surface area (Å²) in [7, 11) is 0. The second kappa shape index (κ2) is 25.5. The molecule has 65 heavy (non-hydrogen) atoms. The summed E-state index contributed by atoms with van der Waals surface area (Å²) in [6, 6.07) is 50.0. The molecular weight excluding hydrogens is 850 g/mol. The maximum atomic E-state index is 4.26. The van der Waals surface area contributed by atoms with Gasteiger partial charge in [0, 0.05) is 19.5 Å². The van der Waals surface area contributed by atoms with Gasteiger partial charge < -0.3 is 0 Å². The van der Waals surface area contributed by atoms with Crippen molar-refractivity contribution >= 4 is 0 Å². The van der Waals surface area contributed by atoms with E-state index in [1.54, 1.807) is 0 Å². The Morgan fingerprint density at radius 3 is 0.446 bits per heavy atom. The minimum absolute atomic E-state index is 0. The summed E-state index contributed by atoms with van der Waals surface area (Å²) < 4.78 is 0. The van der Waals surface area contributed by atoms with E-state index in [1.807, 2.05) is 121 Å². The van der Waals surface area contributed by atoms with E-state index in [4.69, 9.17) is 0 Å². The summed E-state index contributed by atoms with van der Waals surface area (Å²) in [5, 5.41) is 33.8. The van der Waals surface area contributed by atoms with E-state index in [2.05, 4.69) is 66.8 Å². The first-order valence-corrected chi connectivity index (χ1v) is 25.5. The second-order valence-electron chi connectivity index (χ2n) is 19.9. The van der Waals surface area contributed by atoms with Crippen LogP contribution in [-0.2, 0) is 19.5 Å². The van der Waals surface area contributed by atoms with Gasteiger partial charge in [-0.15, -0.1) is 0 Å². The van der Waals surface area contributed by atoms with E-state index >= 15 is 0 Å². The van der Waals surface area contributed by atoms with Gasteiger partial charge in [0.2, 0.25) is 0 Å². The first-order valence-electron chi connectivity index (χ1n) is 25.5. The number of benzene rings is 4. The van der Waals surface area contributed by atoms with Crippen molar-refractivity contribution < 1.29 is 19.5 Å². The van der Waals surface area contributed by atoms with Crippen LogP contribution in [0.3, 0.4) is 0 Å². The fourth-order valence-electron chi connectivity index (χ4n) is 13.3. The largest absolute Gasteiger partial charge is 0.286 e. The Bertz CT molecular complexity index is 1410. The Morgan fingerprint density at radius 2 is 0.354 bits per heavy atom. The van der Waals surface area contributed by atoms with Crippen LogP contribution in [-0.4, -0.2) is 49.3 Å². The van der Waals surface area contributed by atoms with Gasteiger partial charge in [-0.25, -0.2) is 0 Å². The van der Waals surface area contributed by atoms with Gasteiger partial charge >= 0.3 is 0 Å². The van der Waals surface area contributed by atoms with Crippen LogP contribution in [0, 0.1) is 71.6 Å². The minimum Gasteiger partial charge on any atom is -0.286 e. The SMILES string of the molecule is C1CCC2C3NC(NC4NC(NC5NC(NC6NC(N3)C3CCCCC63)C3CCCCC53)C3CCCCC43)C2C1.[Zn].[c-]1ccccc1.[c-]1ccccc1.[c-]1ccccc1.[c-]1ccccc1. The molecule has 13 rings (SSSR count). The summed E-state index contributed by atoms with van der Waals surface area (Å²) in [6.45, 7) is 0. The predicted octanol–water partition coefficient (Wildman–Crippen LogP) is 8.55. The molecule has 9 heteroatoms. The summed E-state index contributed by atoms with van der Waals surface area (Å²) in [4.78, 5) is 0. The zero-order valence-electron chi connectivity index (χ0n) is 38.8. The smallest absolute Gasteiger partial charge is 0.0628 e. The van der Waals surface area contributed by atoms with Gasteiger partial charge in [0.25, 0.3) is 0 Å². The molecule has 0 radical (unpaired) electrons. The fourth-order valence-corrected chi connectivity index (χ4v) is 13.3. The Labute approximate surface area is 405 Å². The molecule has 8 N–H and O–H groups in total. The van der Waals surface area contributed by atoms with E-state index in [9.17, 15) is 0 Å². The Morgan fingerprint density at radius 1 is 0.215 bits per heavy atom. The molecule has 9 fully saturated rings. The van der Waals surface area contributed by atoms with Crippen molar-refractivity contribution in [3.8, 4) is 0 Å². The number of fused-ring (bicyclic) bond motifs is 20. The molecule has 0 aromatic heterocycles. The minimum atomic E-state index is 0. The zero-order valence-corrected chi connectivity index (χ0v) is 41.8. The van der Waals surface area contributed by atoms with Crippen molar-refractivity contribution in [3.05, 3.63) is 146 Å². The molecule has 4 aromatic carbocycles. The third-order valence-corrected chi connectivity index (χ3v) is 16.2. The first-order chi connectivity index (χ1) is 31.8.